The van der Waals surface area contributed by atoms with Gasteiger partial charge >= 0.3 is 5.97 Å². The average molecular weight is 458 g/mol. The van der Waals surface area contributed by atoms with Crippen molar-refractivity contribution in [3.05, 3.63) is 102 Å². The van der Waals surface area contributed by atoms with Crippen LogP contribution in [-0.2, 0) is 9.53 Å². The van der Waals surface area contributed by atoms with E-state index in [-0.39, 0.29) is 24.0 Å². The molecule has 1 aliphatic rings. The maximum absolute atomic E-state index is 12.1. The summed E-state index contributed by atoms with van der Waals surface area (Å²) in [6.07, 6.45) is 0.537. The molecule has 0 aromatic heterocycles. The molecule has 0 aliphatic carbocycles. The quantitative estimate of drug-likeness (QED) is 0.368. The minimum atomic E-state index is -0.453. The molecular formula is C30H35NO3. The van der Waals surface area contributed by atoms with Crippen LogP contribution < -0.4 is 4.74 Å². The van der Waals surface area contributed by atoms with E-state index in [4.69, 9.17) is 9.47 Å². The van der Waals surface area contributed by atoms with E-state index < -0.39 is 5.60 Å². The van der Waals surface area contributed by atoms with Gasteiger partial charge in [0.25, 0.3) is 0 Å². The molecule has 0 unspecified atom stereocenters. The highest BCUT2D eigenvalue weighted by atomic mass is 16.6. The van der Waals surface area contributed by atoms with Crippen LogP contribution in [-0.4, -0.2) is 35.7 Å². The molecule has 1 saturated heterocycles. The molecule has 4 heteroatoms. The number of rotatable bonds is 8. The van der Waals surface area contributed by atoms with Crippen LogP contribution >= 0.6 is 0 Å². The molecule has 1 heterocycles. The van der Waals surface area contributed by atoms with E-state index in [0.717, 1.165) is 24.4 Å². The second-order valence-corrected chi connectivity index (χ2v) is 10.2. The minimum absolute atomic E-state index is 0.0978. The Morgan fingerprint density at radius 2 is 1.38 bits per heavy atom. The maximum Gasteiger partial charge on any atom is 0.306 e. The fourth-order valence-electron chi connectivity index (χ4n) is 4.46. The number of benzene rings is 3. The van der Waals surface area contributed by atoms with Crippen molar-refractivity contribution >= 4 is 5.97 Å². The Morgan fingerprint density at radius 1 is 0.853 bits per heavy atom. The summed E-state index contributed by atoms with van der Waals surface area (Å²) in [5, 5.41) is 0. The van der Waals surface area contributed by atoms with Gasteiger partial charge in [-0.3, -0.25) is 9.69 Å². The summed E-state index contributed by atoms with van der Waals surface area (Å²) in [6.45, 7) is 9.50. The first kappa shape index (κ1) is 24.0. The molecule has 1 atom stereocenters. The second-order valence-electron chi connectivity index (χ2n) is 10.2. The van der Waals surface area contributed by atoms with Crippen molar-refractivity contribution in [1.29, 1.82) is 0 Å². The molecule has 0 spiro atoms. The highest BCUT2D eigenvalue weighted by Gasteiger charge is 2.35. The number of esters is 1. The maximum atomic E-state index is 12.1. The lowest BCUT2D eigenvalue weighted by Gasteiger charge is -2.44. The standard InChI is InChI=1S/C30H35NO3/c1-22(19-28(32)34-30(2,3)4)23-15-17-26(18-16-23)33-27-20-31(21-27)29(24-11-7-5-8-12-24)25-13-9-6-10-14-25/h5-18,22,27,29H,19-21H2,1-4H3/t22-/m1/s1. The first-order chi connectivity index (χ1) is 16.3. The van der Waals surface area contributed by atoms with Crippen molar-refractivity contribution in [1.82, 2.24) is 4.90 Å². The summed E-state index contributed by atoms with van der Waals surface area (Å²) in [6, 6.07) is 29.7. The smallest absolute Gasteiger partial charge is 0.306 e. The van der Waals surface area contributed by atoms with Crippen LogP contribution in [0.15, 0.2) is 84.9 Å². The first-order valence-corrected chi connectivity index (χ1v) is 12.1. The second kappa shape index (κ2) is 10.4. The molecule has 0 N–H and O–H groups in total. The van der Waals surface area contributed by atoms with Crippen molar-refractivity contribution in [2.45, 2.75) is 57.8 Å². The van der Waals surface area contributed by atoms with Crippen molar-refractivity contribution in [2.24, 2.45) is 0 Å². The zero-order chi connectivity index (χ0) is 24.1. The van der Waals surface area contributed by atoms with Crippen LogP contribution in [0.5, 0.6) is 5.75 Å². The third kappa shape index (κ3) is 6.27. The Labute approximate surface area is 203 Å². The molecule has 0 amide bonds. The van der Waals surface area contributed by atoms with Gasteiger partial charge in [0.15, 0.2) is 0 Å². The SMILES string of the molecule is C[C@H](CC(=O)OC(C)(C)C)c1ccc(OC2CN(C(c3ccccc3)c3ccccc3)C2)cc1. The lowest BCUT2D eigenvalue weighted by molar-refractivity contribution is -0.155. The number of nitrogens with zero attached hydrogens (tertiary/aromatic N) is 1. The number of carbonyl (C=O) groups excluding carboxylic acids is 1. The number of carbonyl (C=O) groups is 1. The Kier molecular flexibility index (Phi) is 7.38. The monoisotopic (exact) mass is 457 g/mol. The van der Waals surface area contributed by atoms with E-state index in [1.807, 2.05) is 32.9 Å². The Balaban J connectivity index is 1.33. The molecule has 0 saturated carbocycles. The molecule has 4 nitrogen and oxygen atoms in total. The fraction of sp³-hybridized carbons (Fsp3) is 0.367. The third-order valence-electron chi connectivity index (χ3n) is 6.12. The molecular weight excluding hydrogens is 422 g/mol. The normalized spacial score (nSPS) is 15.6. The molecule has 4 rings (SSSR count). The minimum Gasteiger partial charge on any atom is -0.488 e. The lowest BCUT2D eigenvalue weighted by atomic mass is 9.94. The van der Waals surface area contributed by atoms with E-state index in [2.05, 4.69) is 84.6 Å². The van der Waals surface area contributed by atoms with Crippen LogP contribution in [0.4, 0.5) is 0 Å². The lowest BCUT2D eigenvalue weighted by Crippen LogP contribution is -2.55. The molecule has 1 fully saturated rings. The molecule has 3 aromatic carbocycles. The predicted molar refractivity (Wildman–Crippen MR) is 136 cm³/mol. The summed E-state index contributed by atoms with van der Waals surface area (Å²) in [5.41, 5.74) is 3.26. The van der Waals surface area contributed by atoms with Gasteiger partial charge in [0.1, 0.15) is 17.5 Å². The van der Waals surface area contributed by atoms with E-state index >= 15 is 0 Å². The van der Waals surface area contributed by atoms with Crippen molar-refractivity contribution in [3.8, 4) is 5.75 Å². The molecule has 3 aromatic rings. The van der Waals surface area contributed by atoms with Gasteiger partial charge in [0, 0.05) is 13.1 Å². The van der Waals surface area contributed by atoms with Gasteiger partial charge in [-0.1, -0.05) is 79.7 Å². The van der Waals surface area contributed by atoms with E-state index in [0.29, 0.717) is 6.42 Å². The van der Waals surface area contributed by atoms with Gasteiger partial charge in [-0.2, -0.15) is 0 Å². The Hall–Kier alpha value is -3.11. The summed E-state index contributed by atoms with van der Waals surface area (Å²) in [5.74, 6) is 0.802. The van der Waals surface area contributed by atoms with Gasteiger partial charge in [-0.15, -0.1) is 0 Å². The summed E-state index contributed by atoms with van der Waals surface area (Å²) < 4.78 is 11.7. The number of ether oxygens (including phenoxy) is 2. The first-order valence-electron chi connectivity index (χ1n) is 12.1. The molecule has 0 radical (unpaired) electrons. The van der Waals surface area contributed by atoms with E-state index in [1.54, 1.807) is 0 Å². The van der Waals surface area contributed by atoms with Crippen LogP contribution in [0.3, 0.4) is 0 Å². The molecule has 34 heavy (non-hydrogen) atoms. The fourth-order valence-corrected chi connectivity index (χ4v) is 4.46. The van der Waals surface area contributed by atoms with Crippen molar-refractivity contribution in [2.75, 3.05) is 13.1 Å². The van der Waals surface area contributed by atoms with Crippen LogP contribution in [0, 0.1) is 0 Å². The van der Waals surface area contributed by atoms with Gasteiger partial charge in [-0.25, -0.2) is 0 Å². The highest BCUT2D eigenvalue weighted by Crippen LogP contribution is 2.33. The van der Waals surface area contributed by atoms with Gasteiger partial charge in [-0.05, 0) is 55.5 Å². The molecule has 178 valence electrons. The number of hydrogen-bond donors (Lipinski definition) is 0. The molecule has 1 aliphatic heterocycles. The zero-order valence-electron chi connectivity index (χ0n) is 20.6. The molecule has 0 bridgehead atoms. The largest absolute Gasteiger partial charge is 0.488 e. The van der Waals surface area contributed by atoms with Crippen molar-refractivity contribution in [3.63, 3.8) is 0 Å². The summed E-state index contributed by atoms with van der Waals surface area (Å²) >= 11 is 0. The van der Waals surface area contributed by atoms with Gasteiger partial charge in [0.2, 0.25) is 0 Å². The van der Waals surface area contributed by atoms with Crippen LogP contribution in [0.25, 0.3) is 0 Å². The summed E-state index contributed by atoms with van der Waals surface area (Å²) in [7, 11) is 0. The van der Waals surface area contributed by atoms with E-state index in [1.165, 1.54) is 11.1 Å². The summed E-state index contributed by atoms with van der Waals surface area (Å²) in [4.78, 5) is 14.6. The third-order valence-corrected chi connectivity index (χ3v) is 6.12. The topological polar surface area (TPSA) is 38.8 Å². The van der Waals surface area contributed by atoms with Gasteiger partial charge < -0.3 is 9.47 Å². The van der Waals surface area contributed by atoms with E-state index in [9.17, 15) is 4.79 Å². The zero-order valence-corrected chi connectivity index (χ0v) is 20.6. The number of likely N-dealkylation sites (tertiary alicyclic amines) is 1. The van der Waals surface area contributed by atoms with Crippen LogP contribution in [0.2, 0.25) is 0 Å². The Morgan fingerprint density at radius 3 is 1.88 bits per heavy atom. The Bertz CT molecular complexity index is 1010. The average Bonchev–Trinajstić information content (AvgIpc) is 2.78. The predicted octanol–water partition coefficient (Wildman–Crippen LogP) is 6.37. The van der Waals surface area contributed by atoms with Gasteiger partial charge in [0.05, 0.1) is 12.5 Å². The highest BCUT2D eigenvalue weighted by molar-refractivity contribution is 5.71. The van der Waals surface area contributed by atoms with Crippen LogP contribution in [0.1, 0.15) is 62.8 Å². The van der Waals surface area contributed by atoms with Crippen molar-refractivity contribution < 1.29 is 14.3 Å². The number of hydrogen-bond acceptors (Lipinski definition) is 4.